The largest absolute Gasteiger partial charge is 0.491 e. The highest BCUT2D eigenvalue weighted by atomic mass is 32.2. The summed E-state index contributed by atoms with van der Waals surface area (Å²) in [6, 6.07) is 13.1. The van der Waals surface area contributed by atoms with Gasteiger partial charge in [-0.25, -0.2) is 22.5 Å². The fourth-order valence-electron chi connectivity index (χ4n) is 5.41. The Labute approximate surface area is 209 Å². The summed E-state index contributed by atoms with van der Waals surface area (Å²) in [4.78, 5) is 16.2. The molecule has 2 bridgehead atoms. The molecule has 1 aliphatic carbocycles. The van der Waals surface area contributed by atoms with E-state index in [1.165, 1.54) is 4.90 Å². The van der Waals surface area contributed by atoms with E-state index in [4.69, 9.17) is 4.74 Å². The highest BCUT2D eigenvalue weighted by molar-refractivity contribution is 7.83. The van der Waals surface area contributed by atoms with Crippen LogP contribution >= 0.6 is 0 Å². The van der Waals surface area contributed by atoms with Gasteiger partial charge >= 0.3 is 11.8 Å². The molecule has 194 valence electrons. The first kappa shape index (κ1) is 25.0. The summed E-state index contributed by atoms with van der Waals surface area (Å²) in [5, 5.41) is 0. The zero-order valence-electron chi connectivity index (χ0n) is 19.4. The third kappa shape index (κ3) is 4.95. The van der Waals surface area contributed by atoms with Gasteiger partial charge in [-0.2, -0.15) is 8.78 Å². The first-order valence-electron chi connectivity index (χ1n) is 11.9. The Kier molecular flexibility index (Phi) is 6.95. The average molecular weight is 526 g/mol. The summed E-state index contributed by atoms with van der Waals surface area (Å²) in [5.74, 6) is -2.50. The maximum atomic E-state index is 13.6. The molecule has 2 aromatic rings. The molecule has 1 saturated carbocycles. The molecular formula is C25H27F4N3O3S. The van der Waals surface area contributed by atoms with E-state index in [1.54, 1.807) is 6.07 Å². The molecule has 36 heavy (non-hydrogen) atoms. The molecule has 11 heteroatoms. The van der Waals surface area contributed by atoms with E-state index in [0.29, 0.717) is 25.0 Å². The van der Waals surface area contributed by atoms with Gasteiger partial charge in [0, 0.05) is 23.6 Å². The van der Waals surface area contributed by atoms with Crippen LogP contribution in [0.5, 0.6) is 5.75 Å². The van der Waals surface area contributed by atoms with E-state index in [1.807, 2.05) is 42.5 Å². The summed E-state index contributed by atoms with van der Waals surface area (Å²) < 4.78 is 74.1. The molecule has 1 N–H and O–H groups in total. The van der Waals surface area contributed by atoms with Crippen LogP contribution in [0, 0.1) is 5.41 Å². The van der Waals surface area contributed by atoms with E-state index in [2.05, 4.69) is 4.72 Å². The van der Waals surface area contributed by atoms with Gasteiger partial charge in [0.15, 0.2) is 11.0 Å². The van der Waals surface area contributed by atoms with Crippen LogP contribution < -0.4 is 9.46 Å². The summed E-state index contributed by atoms with van der Waals surface area (Å²) in [6.07, 6.45) is -1.10. The van der Waals surface area contributed by atoms with Crippen LogP contribution in [-0.4, -0.2) is 70.5 Å². The van der Waals surface area contributed by atoms with E-state index < -0.39 is 53.2 Å². The third-order valence-corrected chi connectivity index (χ3v) is 8.10. The quantitative estimate of drug-likeness (QED) is 0.593. The van der Waals surface area contributed by atoms with Gasteiger partial charge in [0.1, 0.15) is 12.4 Å². The number of carbonyl (C=O) groups is 1. The smallest absolute Gasteiger partial charge is 0.325 e. The number of hydrogen-bond donors (Lipinski definition) is 1. The number of alkyl halides is 4. The van der Waals surface area contributed by atoms with Crippen molar-refractivity contribution in [2.24, 2.45) is 5.41 Å². The van der Waals surface area contributed by atoms with Gasteiger partial charge in [0.25, 0.3) is 6.43 Å². The second-order valence-electron chi connectivity index (χ2n) is 9.58. The minimum absolute atomic E-state index is 0.00981. The van der Waals surface area contributed by atoms with E-state index >= 15 is 0 Å². The van der Waals surface area contributed by atoms with Gasteiger partial charge in [-0.3, -0.25) is 0 Å². The second-order valence-corrected chi connectivity index (χ2v) is 10.8. The molecule has 0 radical (unpaired) electrons. The lowest BCUT2D eigenvalue weighted by Crippen LogP contribution is -2.53. The number of carbonyl (C=O) groups excluding carboxylic acids is 1. The third-order valence-electron chi connectivity index (χ3n) is 7.29. The maximum absolute atomic E-state index is 13.6. The van der Waals surface area contributed by atoms with Gasteiger partial charge in [-0.1, -0.05) is 42.5 Å². The summed E-state index contributed by atoms with van der Waals surface area (Å²) >= 11 is 0. The molecule has 2 aliphatic heterocycles. The Morgan fingerprint density at radius 2 is 1.89 bits per heavy atom. The first-order valence-corrected chi connectivity index (χ1v) is 13.1. The lowest BCUT2D eigenvalue weighted by atomic mass is 9.91. The number of amides is 2. The highest BCUT2D eigenvalue weighted by Gasteiger charge is 2.61. The van der Waals surface area contributed by atoms with Crippen LogP contribution in [0.1, 0.15) is 18.4 Å². The van der Waals surface area contributed by atoms with Crippen LogP contribution in [0.4, 0.5) is 22.4 Å². The summed E-state index contributed by atoms with van der Waals surface area (Å²) in [6.45, 7) is -0.591. The topological polar surface area (TPSA) is 61.9 Å². The van der Waals surface area contributed by atoms with Crippen molar-refractivity contribution in [3.05, 3.63) is 54.1 Å². The molecule has 2 aromatic carbocycles. The molecule has 2 fully saturated rings. The number of para-hydroxylation sites is 1. The number of fused-ring (bicyclic) bond motifs is 5. The summed E-state index contributed by atoms with van der Waals surface area (Å²) in [7, 11) is -2.60. The van der Waals surface area contributed by atoms with Crippen LogP contribution in [-0.2, 0) is 17.4 Å². The van der Waals surface area contributed by atoms with Crippen LogP contribution in [0.25, 0.3) is 11.1 Å². The standard InChI is InChI=1S/C25H27F4N3O3S/c26-21(27)14-31-10-11-35-20-7-2-1-6-18(20)17-5-3-4-16(12-17)13-19-22(30-36(34)23(28)29)25(8-9-25)15-32(19)24(31)33/h1-7,12,19,21-23,30H,8-11,13-15H2. The minimum atomic E-state index is -3.08. The maximum Gasteiger partial charge on any atom is 0.325 e. The predicted octanol–water partition coefficient (Wildman–Crippen LogP) is 4.28. The van der Waals surface area contributed by atoms with Crippen molar-refractivity contribution in [2.75, 3.05) is 26.2 Å². The number of urea groups is 1. The predicted molar refractivity (Wildman–Crippen MR) is 127 cm³/mol. The van der Waals surface area contributed by atoms with E-state index in [9.17, 15) is 26.6 Å². The Hall–Kier alpha value is -2.66. The fraction of sp³-hybridized carbons (Fsp3) is 0.480. The number of hydrogen-bond acceptors (Lipinski definition) is 3. The molecule has 3 unspecified atom stereocenters. The van der Waals surface area contributed by atoms with Crippen molar-refractivity contribution in [3.8, 4) is 16.9 Å². The number of rotatable bonds is 5. The van der Waals surface area contributed by atoms with Gasteiger partial charge in [-0.05, 0) is 36.5 Å². The van der Waals surface area contributed by atoms with Crippen LogP contribution in [0.2, 0.25) is 0 Å². The van der Waals surface area contributed by atoms with E-state index in [-0.39, 0.29) is 19.7 Å². The molecule has 6 nitrogen and oxygen atoms in total. The van der Waals surface area contributed by atoms with Crippen molar-refractivity contribution in [3.63, 3.8) is 0 Å². The monoisotopic (exact) mass is 525 g/mol. The van der Waals surface area contributed by atoms with E-state index in [0.717, 1.165) is 21.6 Å². The molecule has 1 spiro atoms. The summed E-state index contributed by atoms with van der Waals surface area (Å²) in [5.41, 5.74) is 2.04. The van der Waals surface area contributed by atoms with Crippen LogP contribution in [0.15, 0.2) is 48.5 Å². The molecule has 5 rings (SSSR count). The fourth-order valence-corrected chi connectivity index (χ4v) is 6.17. The lowest BCUT2D eigenvalue weighted by molar-refractivity contribution is 0.0762. The number of halogens is 4. The Balaban J connectivity index is 1.57. The normalized spacial score (nSPS) is 24.0. The van der Waals surface area contributed by atoms with Crippen molar-refractivity contribution < 1.29 is 31.3 Å². The lowest BCUT2D eigenvalue weighted by Gasteiger charge is -2.33. The molecule has 3 atom stereocenters. The molecular weight excluding hydrogens is 498 g/mol. The molecule has 2 amide bonds. The van der Waals surface area contributed by atoms with Crippen LogP contribution in [0.3, 0.4) is 0 Å². The van der Waals surface area contributed by atoms with Gasteiger partial charge in [-0.15, -0.1) is 0 Å². The van der Waals surface area contributed by atoms with Gasteiger partial charge < -0.3 is 14.5 Å². The zero-order chi connectivity index (χ0) is 25.4. The minimum Gasteiger partial charge on any atom is -0.491 e. The molecule has 1 saturated heterocycles. The Morgan fingerprint density at radius 1 is 1.11 bits per heavy atom. The molecule has 0 aromatic heterocycles. The molecule has 2 heterocycles. The first-order chi connectivity index (χ1) is 17.3. The van der Waals surface area contributed by atoms with Crippen molar-refractivity contribution in [1.29, 1.82) is 0 Å². The number of nitrogens with zero attached hydrogens (tertiary/aromatic N) is 2. The second kappa shape index (κ2) is 10.0. The van der Waals surface area contributed by atoms with Gasteiger partial charge in [0.05, 0.1) is 19.1 Å². The van der Waals surface area contributed by atoms with Gasteiger partial charge in [0.2, 0.25) is 0 Å². The zero-order valence-corrected chi connectivity index (χ0v) is 20.2. The van der Waals surface area contributed by atoms with Crippen molar-refractivity contribution in [2.45, 2.75) is 43.5 Å². The van der Waals surface area contributed by atoms with Crippen molar-refractivity contribution >= 4 is 17.0 Å². The number of nitrogens with one attached hydrogen (secondary N) is 1. The number of benzene rings is 2. The highest BCUT2D eigenvalue weighted by Crippen LogP contribution is 2.55. The van der Waals surface area contributed by atoms with Crippen molar-refractivity contribution in [1.82, 2.24) is 14.5 Å². The molecule has 3 aliphatic rings. The number of ether oxygens (including phenoxy) is 1. The Morgan fingerprint density at radius 3 is 2.61 bits per heavy atom. The Bertz CT molecular complexity index is 1150. The SMILES string of the molecule is O=C1N(CC(F)F)CCOc2ccccc2-c2cccc(c2)CC2C(NS(=O)C(F)F)C3(CC3)CN12. The average Bonchev–Trinajstić information content (AvgIpc) is 3.57.